The lowest BCUT2D eigenvalue weighted by Gasteiger charge is -2.11. The van der Waals surface area contributed by atoms with Crippen molar-refractivity contribution < 1.29 is 9.53 Å². The molecule has 1 aromatic carbocycles. The van der Waals surface area contributed by atoms with Gasteiger partial charge in [0.2, 0.25) is 0 Å². The largest absolute Gasteiger partial charge is 0.496 e. The predicted molar refractivity (Wildman–Crippen MR) is 69.0 cm³/mol. The smallest absolute Gasteiger partial charge is 0.167 e. The molecule has 1 aromatic rings. The molecule has 0 spiro atoms. The molecule has 0 saturated carbocycles. The molecule has 0 heterocycles. The first-order valence-electron chi connectivity index (χ1n) is 5.38. The molecule has 0 aliphatic heterocycles. The lowest BCUT2D eigenvalue weighted by Crippen LogP contribution is -2.13. The molecule has 0 bridgehead atoms. The van der Waals surface area contributed by atoms with Gasteiger partial charge in [-0.05, 0) is 40.5 Å². The van der Waals surface area contributed by atoms with Crippen molar-refractivity contribution in [2.75, 3.05) is 7.11 Å². The van der Waals surface area contributed by atoms with Gasteiger partial charge in [0.05, 0.1) is 17.7 Å². The summed E-state index contributed by atoms with van der Waals surface area (Å²) >= 11 is 3.34. The number of hydrogen-bond donors (Lipinski definition) is 0. The highest BCUT2D eigenvalue weighted by Crippen LogP contribution is 2.27. The maximum atomic E-state index is 12.1. The van der Waals surface area contributed by atoms with E-state index in [2.05, 4.69) is 15.9 Å². The Morgan fingerprint density at radius 2 is 2.29 bits per heavy atom. The Morgan fingerprint density at radius 3 is 2.76 bits per heavy atom. The molecule has 3 nitrogen and oxygen atoms in total. The Kier molecular flexibility index (Phi) is 5.17. The first-order chi connectivity index (χ1) is 8.13. The highest BCUT2D eigenvalue weighted by atomic mass is 79.9. The van der Waals surface area contributed by atoms with Gasteiger partial charge in [0.25, 0.3) is 0 Å². The SMILES string of the molecule is CCC(CC#N)C(=O)c1ccc(OC)c(Br)c1. The summed E-state index contributed by atoms with van der Waals surface area (Å²) in [6.07, 6.45) is 0.940. The Bertz CT molecular complexity index is 451. The summed E-state index contributed by atoms with van der Waals surface area (Å²) in [6, 6.07) is 7.26. The van der Waals surface area contributed by atoms with E-state index in [0.29, 0.717) is 17.7 Å². The normalized spacial score (nSPS) is 11.6. The third kappa shape index (κ3) is 3.31. The Hall–Kier alpha value is -1.34. The summed E-state index contributed by atoms with van der Waals surface area (Å²) in [4.78, 5) is 12.1. The highest BCUT2D eigenvalue weighted by molar-refractivity contribution is 9.10. The van der Waals surface area contributed by atoms with E-state index in [-0.39, 0.29) is 18.1 Å². The van der Waals surface area contributed by atoms with Crippen molar-refractivity contribution in [2.24, 2.45) is 5.92 Å². The zero-order valence-corrected chi connectivity index (χ0v) is 11.5. The van der Waals surface area contributed by atoms with Crippen molar-refractivity contribution in [2.45, 2.75) is 19.8 Å². The maximum Gasteiger partial charge on any atom is 0.167 e. The topological polar surface area (TPSA) is 50.1 Å². The molecule has 0 amide bonds. The van der Waals surface area contributed by atoms with Crippen LogP contribution in [0.4, 0.5) is 0 Å². The molecule has 0 aromatic heterocycles. The van der Waals surface area contributed by atoms with E-state index in [1.807, 2.05) is 13.0 Å². The molecule has 17 heavy (non-hydrogen) atoms. The summed E-state index contributed by atoms with van der Waals surface area (Å²) in [5.41, 5.74) is 0.611. The first-order valence-corrected chi connectivity index (χ1v) is 6.18. The Balaban J connectivity index is 2.97. The number of hydrogen-bond acceptors (Lipinski definition) is 3. The average Bonchev–Trinajstić information content (AvgIpc) is 2.35. The summed E-state index contributed by atoms with van der Waals surface area (Å²) in [7, 11) is 1.58. The summed E-state index contributed by atoms with van der Waals surface area (Å²) in [6.45, 7) is 1.92. The quantitative estimate of drug-likeness (QED) is 0.780. The number of rotatable bonds is 5. The van der Waals surface area contributed by atoms with Gasteiger partial charge in [0.15, 0.2) is 5.78 Å². The van der Waals surface area contributed by atoms with Gasteiger partial charge in [-0.25, -0.2) is 0 Å². The number of ketones is 1. The number of carbonyl (C=O) groups is 1. The van der Waals surface area contributed by atoms with Gasteiger partial charge in [-0.1, -0.05) is 6.92 Å². The number of ether oxygens (including phenoxy) is 1. The van der Waals surface area contributed by atoms with E-state index in [4.69, 9.17) is 10.00 Å². The van der Waals surface area contributed by atoms with E-state index in [9.17, 15) is 4.79 Å². The van der Waals surface area contributed by atoms with Gasteiger partial charge < -0.3 is 4.74 Å². The maximum absolute atomic E-state index is 12.1. The van der Waals surface area contributed by atoms with Crippen LogP contribution in [0.2, 0.25) is 0 Å². The van der Waals surface area contributed by atoms with Gasteiger partial charge >= 0.3 is 0 Å². The molecule has 0 fully saturated rings. The number of carbonyl (C=O) groups excluding carboxylic acids is 1. The molecule has 1 atom stereocenters. The summed E-state index contributed by atoms with van der Waals surface area (Å²) in [5, 5.41) is 8.67. The van der Waals surface area contributed by atoms with Crippen LogP contribution in [0.15, 0.2) is 22.7 Å². The summed E-state index contributed by atoms with van der Waals surface area (Å²) in [5.74, 6) is 0.479. The zero-order valence-electron chi connectivity index (χ0n) is 9.87. The van der Waals surface area contributed by atoms with Crippen molar-refractivity contribution in [3.8, 4) is 11.8 Å². The minimum Gasteiger partial charge on any atom is -0.496 e. The molecule has 0 saturated heterocycles. The van der Waals surface area contributed by atoms with E-state index < -0.39 is 0 Å². The van der Waals surface area contributed by atoms with Crippen LogP contribution in [-0.2, 0) is 0 Å². The molecular formula is C13H14BrNO2. The average molecular weight is 296 g/mol. The Labute approximate surface area is 110 Å². The van der Waals surface area contributed by atoms with E-state index in [1.165, 1.54) is 0 Å². The highest BCUT2D eigenvalue weighted by Gasteiger charge is 2.18. The fourth-order valence-electron chi connectivity index (χ4n) is 1.59. The van der Waals surface area contributed by atoms with Crippen LogP contribution < -0.4 is 4.74 Å². The van der Waals surface area contributed by atoms with Crippen molar-refractivity contribution in [3.05, 3.63) is 28.2 Å². The van der Waals surface area contributed by atoms with Gasteiger partial charge in [0.1, 0.15) is 5.75 Å². The molecule has 0 N–H and O–H groups in total. The van der Waals surface area contributed by atoms with Crippen molar-refractivity contribution >= 4 is 21.7 Å². The number of nitriles is 1. The van der Waals surface area contributed by atoms with Crippen LogP contribution in [0.3, 0.4) is 0 Å². The van der Waals surface area contributed by atoms with Crippen LogP contribution in [0, 0.1) is 17.2 Å². The molecule has 4 heteroatoms. The van der Waals surface area contributed by atoms with Crippen molar-refractivity contribution in [1.29, 1.82) is 5.26 Å². The second-order valence-corrected chi connectivity index (χ2v) is 4.54. The molecule has 1 rings (SSSR count). The minimum atomic E-state index is -0.222. The van der Waals surface area contributed by atoms with Crippen LogP contribution in [0.1, 0.15) is 30.1 Å². The predicted octanol–water partition coefficient (Wildman–Crippen LogP) is 3.58. The van der Waals surface area contributed by atoms with Crippen LogP contribution in [0.5, 0.6) is 5.75 Å². The van der Waals surface area contributed by atoms with Gasteiger partial charge in [-0.15, -0.1) is 0 Å². The number of nitrogens with zero attached hydrogens (tertiary/aromatic N) is 1. The zero-order chi connectivity index (χ0) is 12.8. The molecule has 0 aliphatic rings. The first kappa shape index (κ1) is 13.7. The van der Waals surface area contributed by atoms with E-state index >= 15 is 0 Å². The number of methoxy groups -OCH3 is 1. The minimum absolute atomic E-state index is 0.0115. The van der Waals surface area contributed by atoms with Crippen LogP contribution >= 0.6 is 15.9 Å². The molecule has 0 aliphatic carbocycles. The summed E-state index contributed by atoms with van der Waals surface area (Å²) < 4.78 is 5.85. The number of benzene rings is 1. The molecule has 0 radical (unpaired) electrons. The Morgan fingerprint density at radius 1 is 1.59 bits per heavy atom. The van der Waals surface area contributed by atoms with Crippen molar-refractivity contribution in [3.63, 3.8) is 0 Å². The molecular weight excluding hydrogens is 282 g/mol. The number of halogens is 1. The molecule has 90 valence electrons. The second-order valence-electron chi connectivity index (χ2n) is 3.68. The van der Waals surface area contributed by atoms with Gasteiger partial charge in [-0.3, -0.25) is 4.79 Å². The lowest BCUT2D eigenvalue weighted by atomic mass is 9.93. The van der Waals surface area contributed by atoms with Crippen LogP contribution in [-0.4, -0.2) is 12.9 Å². The monoisotopic (exact) mass is 295 g/mol. The standard InChI is InChI=1S/C13H14BrNO2/c1-3-9(6-7-15)13(16)10-4-5-12(17-2)11(14)8-10/h4-5,8-9H,3,6H2,1-2H3. The van der Waals surface area contributed by atoms with Gasteiger partial charge in [-0.2, -0.15) is 5.26 Å². The van der Waals surface area contributed by atoms with E-state index in [1.54, 1.807) is 25.3 Å². The second kappa shape index (κ2) is 6.41. The van der Waals surface area contributed by atoms with Crippen LogP contribution in [0.25, 0.3) is 0 Å². The third-order valence-corrected chi connectivity index (χ3v) is 3.26. The van der Waals surface area contributed by atoms with E-state index in [0.717, 1.165) is 4.47 Å². The molecule has 1 unspecified atom stereocenters. The third-order valence-electron chi connectivity index (χ3n) is 2.64. The fourth-order valence-corrected chi connectivity index (χ4v) is 2.13. The number of Topliss-reactive ketones (excluding diaryl/α,β-unsaturated/α-hetero) is 1. The van der Waals surface area contributed by atoms with Crippen molar-refractivity contribution in [1.82, 2.24) is 0 Å². The fraction of sp³-hybridized carbons (Fsp3) is 0.385. The van der Waals surface area contributed by atoms with Gasteiger partial charge in [0, 0.05) is 17.9 Å². The lowest BCUT2D eigenvalue weighted by molar-refractivity contribution is 0.0918.